The number of hydrogen-bond acceptors (Lipinski definition) is 4. The number of carbonyl (C=O) groups is 3. The van der Waals surface area contributed by atoms with Crippen molar-refractivity contribution in [2.75, 3.05) is 6.54 Å². The molecule has 23 heavy (non-hydrogen) atoms. The molecule has 0 saturated heterocycles. The molecule has 7 nitrogen and oxygen atoms in total. The molecule has 2 atom stereocenters. The highest BCUT2D eigenvalue weighted by Crippen LogP contribution is 2.05. The van der Waals surface area contributed by atoms with E-state index in [1.54, 1.807) is 0 Å². The van der Waals surface area contributed by atoms with E-state index in [4.69, 9.17) is 11.5 Å². The Morgan fingerprint density at radius 3 is 2.22 bits per heavy atom. The number of rotatable bonds is 8. The molecule has 0 aliphatic rings. The Balaban J connectivity index is 2.81. The predicted molar refractivity (Wildman–Crippen MR) is 87.1 cm³/mol. The van der Waals surface area contributed by atoms with E-state index in [-0.39, 0.29) is 12.5 Å². The van der Waals surface area contributed by atoms with Crippen LogP contribution in [0.5, 0.6) is 0 Å². The molecule has 3 amide bonds. The minimum atomic E-state index is -0.825. The van der Waals surface area contributed by atoms with Gasteiger partial charge in [-0.05, 0) is 11.5 Å². The number of hydrogen-bond donors (Lipinski definition) is 4. The molecule has 1 aromatic rings. The number of carbonyl (C=O) groups excluding carboxylic acids is 3. The van der Waals surface area contributed by atoms with Crippen molar-refractivity contribution in [3.63, 3.8) is 0 Å². The summed E-state index contributed by atoms with van der Waals surface area (Å²) in [4.78, 5) is 35.1. The van der Waals surface area contributed by atoms with Gasteiger partial charge in [-0.2, -0.15) is 0 Å². The minimum Gasteiger partial charge on any atom is -0.368 e. The number of nitrogens with two attached hydrogens (primary N) is 2. The van der Waals surface area contributed by atoms with Crippen molar-refractivity contribution in [2.24, 2.45) is 17.4 Å². The lowest BCUT2D eigenvalue weighted by Crippen LogP contribution is -2.54. The second kappa shape index (κ2) is 8.89. The van der Waals surface area contributed by atoms with Crippen molar-refractivity contribution in [2.45, 2.75) is 32.4 Å². The number of nitrogens with one attached hydrogen (secondary N) is 2. The average Bonchev–Trinajstić information content (AvgIpc) is 2.51. The summed E-state index contributed by atoms with van der Waals surface area (Å²) in [5.41, 5.74) is 11.7. The van der Waals surface area contributed by atoms with Gasteiger partial charge in [-0.15, -0.1) is 0 Å². The smallest absolute Gasteiger partial charge is 0.243 e. The van der Waals surface area contributed by atoms with Gasteiger partial charge < -0.3 is 22.1 Å². The van der Waals surface area contributed by atoms with Crippen LogP contribution in [0.1, 0.15) is 19.4 Å². The van der Waals surface area contributed by atoms with E-state index in [1.807, 2.05) is 44.2 Å². The second-order valence-corrected chi connectivity index (χ2v) is 5.70. The van der Waals surface area contributed by atoms with Gasteiger partial charge in [0.15, 0.2) is 0 Å². The molecular formula is C16H24N4O3. The molecule has 0 fully saturated rings. The van der Waals surface area contributed by atoms with Crippen molar-refractivity contribution in [3.05, 3.63) is 35.9 Å². The molecule has 126 valence electrons. The van der Waals surface area contributed by atoms with E-state index >= 15 is 0 Å². The van der Waals surface area contributed by atoms with E-state index in [0.717, 1.165) is 5.56 Å². The molecule has 7 heteroatoms. The molecule has 0 aliphatic carbocycles. The molecule has 0 unspecified atom stereocenters. The van der Waals surface area contributed by atoms with E-state index in [0.29, 0.717) is 6.42 Å². The molecule has 1 rings (SSSR count). The number of primary amides is 1. The van der Waals surface area contributed by atoms with Crippen LogP contribution in [-0.2, 0) is 20.8 Å². The monoisotopic (exact) mass is 320 g/mol. The lowest BCUT2D eigenvalue weighted by atomic mass is 10.0. The first-order chi connectivity index (χ1) is 10.8. The quantitative estimate of drug-likeness (QED) is 0.505. The van der Waals surface area contributed by atoms with E-state index in [2.05, 4.69) is 10.6 Å². The first-order valence-electron chi connectivity index (χ1n) is 7.47. The molecule has 0 spiro atoms. The summed E-state index contributed by atoms with van der Waals surface area (Å²) < 4.78 is 0. The lowest BCUT2D eigenvalue weighted by molar-refractivity contribution is -0.130. The first kappa shape index (κ1) is 18.6. The largest absolute Gasteiger partial charge is 0.368 e. The third-order valence-electron chi connectivity index (χ3n) is 3.37. The summed E-state index contributed by atoms with van der Waals surface area (Å²) in [5.74, 6) is -1.59. The Hall–Kier alpha value is -2.41. The van der Waals surface area contributed by atoms with Gasteiger partial charge in [0.05, 0.1) is 12.6 Å². The Morgan fingerprint density at radius 1 is 1.09 bits per heavy atom. The highest BCUT2D eigenvalue weighted by Gasteiger charge is 2.25. The zero-order valence-corrected chi connectivity index (χ0v) is 13.4. The van der Waals surface area contributed by atoms with Crippen LogP contribution in [0.4, 0.5) is 0 Å². The van der Waals surface area contributed by atoms with Gasteiger partial charge in [-0.1, -0.05) is 44.2 Å². The van der Waals surface area contributed by atoms with Crippen LogP contribution in [0.25, 0.3) is 0 Å². The van der Waals surface area contributed by atoms with Crippen molar-refractivity contribution in [1.82, 2.24) is 10.6 Å². The van der Waals surface area contributed by atoms with Crippen LogP contribution in [0.15, 0.2) is 30.3 Å². The first-order valence-corrected chi connectivity index (χ1v) is 7.47. The third kappa shape index (κ3) is 6.48. The number of amides is 3. The maximum atomic E-state index is 12.2. The highest BCUT2D eigenvalue weighted by molar-refractivity contribution is 5.91. The van der Waals surface area contributed by atoms with E-state index < -0.39 is 29.8 Å². The van der Waals surface area contributed by atoms with Crippen molar-refractivity contribution >= 4 is 17.7 Å². The predicted octanol–water partition coefficient (Wildman–Crippen LogP) is -0.701. The fourth-order valence-electron chi connectivity index (χ4n) is 1.93. The standard InChI is InChI=1S/C16H24N4O3/c1-10(2)14(18)16(23)20-12(15(22)19-9-13(17)21)8-11-6-4-3-5-7-11/h3-7,10,12,14H,8-9,18H2,1-2H3,(H2,17,21)(H,19,22)(H,20,23)/t12-,14+/m1/s1. The second-order valence-electron chi connectivity index (χ2n) is 5.70. The van der Waals surface area contributed by atoms with Gasteiger partial charge in [-0.3, -0.25) is 14.4 Å². The number of benzene rings is 1. The van der Waals surface area contributed by atoms with Crippen LogP contribution in [0.2, 0.25) is 0 Å². The minimum absolute atomic E-state index is 0.0546. The fraction of sp³-hybridized carbons (Fsp3) is 0.438. The van der Waals surface area contributed by atoms with Crippen LogP contribution >= 0.6 is 0 Å². The lowest BCUT2D eigenvalue weighted by Gasteiger charge is -2.22. The summed E-state index contributed by atoms with van der Waals surface area (Å²) in [5, 5.41) is 5.05. The summed E-state index contributed by atoms with van der Waals surface area (Å²) in [6, 6.07) is 7.71. The third-order valence-corrected chi connectivity index (χ3v) is 3.37. The molecule has 0 heterocycles. The van der Waals surface area contributed by atoms with E-state index in [9.17, 15) is 14.4 Å². The van der Waals surface area contributed by atoms with Gasteiger partial charge in [0, 0.05) is 6.42 Å². The summed E-state index contributed by atoms with van der Waals surface area (Å²) in [7, 11) is 0. The average molecular weight is 320 g/mol. The zero-order chi connectivity index (χ0) is 17.4. The molecule has 0 saturated carbocycles. The molecule has 0 aromatic heterocycles. The fourth-order valence-corrected chi connectivity index (χ4v) is 1.93. The maximum absolute atomic E-state index is 12.2. The Kier molecular flexibility index (Phi) is 7.21. The van der Waals surface area contributed by atoms with Crippen molar-refractivity contribution in [3.8, 4) is 0 Å². The normalized spacial score (nSPS) is 13.2. The Bertz CT molecular complexity index is 546. The van der Waals surface area contributed by atoms with Gasteiger partial charge in [-0.25, -0.2) is 0 Å². The van der Waals surface area contributed by atoms with Gasteiger partial charge >= 0.3 is 0 Å². The van der Waals surface area contributed by atoms with Crippen LogP contribution in [-0.4, -0.2) is 36.3 Å². The Morgan fingerprint density at radius 2 is 1.70 bits per heavy atom. The molecule has 6 N–H and O–H groups in total. The van der Waals surface area contributed by atoms with Gasteiger partial charge in [0.25, 0.3) is 0 Å². The van der Waals surface area contributed by atoms with Crippen molar-refractivity contribution < 1.29 is 14.4 Å². The summed E-state index contributed by atoms with van der Waals surface area (Å²) >= 11 is 0. The van der Waals surface area contributed by atoms with Crippen LogP contribution in [0, 0.1) is 5.92 Å². The molecule has 1 aromatic carbocycles. The highest BCUT2D eigenvalue weighted by atomic mass is 16.2. The van der Waals surface area contributed by atoms with Gasteiger partial charge in [0.1, 0.15) is 6.04 Å². The van der Waals surface area contributed by atoms with Crippen LogP contribution in [0.3, 0.4) is 0 Å². The maximum Gasteiger partial charge on any atom is 0.243 e. The molecular weight excluding hydrogens is 296 g/mol. The molecule has 0 bridgehead atoms. The van der Waals surface area contributed by atoms with Crippen molar-refractivity contribution in [1.29, 1.82) is 0 Å². The Labute approximate surface area is 135 Å². The topological polar surface area (TPSA) is 127 Å². The van der Waals surface area contributed by atoms with Gasteiger partial charge in [0.2, 0.25) is 17.7 Å². The summed E-state index contributed by atoms with van der Waals surface area (Å²) in [6.07, 6.45) is 0.294. The van der Waals surface area contributed by atoms with E-state index in [1.165, 1.54) is 0 Å². The SMILES string of the molecule is CC(C)[C@H](N)C(=O)N[C@H](Cc1ccccc1)C(=O)NCC(N)=O. The zero-order valence-electron chi connectivity index (χ0n) is 13.4. The van der Waals surface area contributed by atoms with Crippen LogP contribution < -0.4 is 22.1 Å². The molecule has 0 aliphatic heterocycles. The molecule has 0 radical (unpaired) electrons. The summed E-state index contributed by atoms with van der Waals surface area (Å²) in [6.45, 7) is 3.36.